The molecular formula is C11H9NO2. The Balaban J connectivity index is 2.81. The van der Waals surface area contributed by atoms with E-state index in [1.54, 1.807) is 18.2 Å². The van der Waals surface area contributed by atoms with Crippen molar-refractivity contribution in [2.45, 2.75) is 6.42 Å². The van der Waals surface area contributed by atoms with E-state index in [-0.39, 0.29) is 0 Å². The van der Waals surface area contributed by atoms with E-state index in [2.05, 4.69) is 16.3 Å². The molecular weight excluding hydrogens is 178 g/mol. The maximum Gasteiger partial charge on any atom is 0.366 e. The minimum absolute atomic E-state index is 0.395. The van der Waals surface area contributed by atoms with E-state index in [0.717, 1.165) is 11.1 Å². The number of rotatable bonds is 2. The molecule has 1 aromatic carbocycles. The normalized spacial score (nSPS) is 10.3. The molecule has 3 heteroatoms. The van der Waals surface area contributed by atoms with Crippen LogP contribution in [0.1, 0.15) is 5.69 Å². The van der Waals surface area contributed by atoms with Crippen molar-refractivity contribution in [2.75, 3.05) is 0 Å². The van der Waals surface area contributed by atoms with E-state index in [1.807, 2.05) is 12.1 Å². The van der Waals surface area contributed by atoms with Gasteiger partial charge in [0.1, 0.15) is 0 Å². The second-order valence-electron chi connectivity index (χ2n) is 2.96. The highest BCUT2D eigenvalue weighted by molar-refractivity contribution is 5.83. The predicted molar refractivity (Wildman–Crippen MR) is 54.2 cm³/mol. The number of hydrogen-bond acceptors (Lipinski definition) is 3. The Morgan fingerprint density at radius 3 is 2.79 bits per heavy atom. The minimum Gasteiger partial charge on any atom is -0.312 e. The molecule has 2 aromatic rings. The van der Waals surface area contributed by atoms with Gasteiger partial charge in [-0.05, 0) is 6.07 Å². The second-order valence-corrected chi connectivity index (χ2v) is 2.96. The summed E-state index contributed by atoms with van der Waals surface area (Å²) in [4.78, 5) is 11.3. The molecule has 2 rings (SSSR count). The zero-order valence-corrected chi connectivity index (χ0v) is 7.56. The molecule has 0 saturated carbocycles. The molecule has 0 amide bonds. The third-order valence-electron chi connectivity index (χ3n) is 2.03. The van der Waals surface area contributed by atoms with Crippen molar-refractivity contribution < 1.29 is 4.52 Å². The number of fused-ring (bicyclic) bond motifs is 1. The van der Waals surface area contributed by atoms with Crippen molar-refractivity contribution in [2.24, 2.45) is 0 Å². The summed E-state index contributed by atoms with van der Waals surface area (Å²) in [5, 5.41) is 5.14. The summed E-state index contributed by atoms with van der Waals surface area (Å²) in [6, 6.07) is 7.26. The van der Waals surface area contributed by atoms with Crippen LogP contribution in [0.4, 0.5) is 0 Å². The topological polar surface area (TPSA) is 43.1 Å². The van der Waals surface area contributed by atoms with Gasteiger partial charge in [0, 0.05) is 11.8 Å². The van der Waals surface area contributed by atoms with Gasteiger partial charge in [-0.25, -0.2) is 4.79 Å². The maximum atomic E-state index is 11.3. The Kier molecular flexibility index (Phi) is 2.14. The lowest BCUT2D eigenvalue weighted by Crippen LogP contribution is -2.03. The Morgan fingerprint density at radius 1 is 1.36 bits per heavy atom. The molecule has 0 radical (unpaired) electrons. The molecule has 1 aromatic heterocycles. The van der Waals surface area contributed by atoms with Crippen LogP contribution in [-0.2, 0) is 6.42 Å². The lowest BCUT2D eigenvalue weighted by molar-refractivity contribution is 0.369. The van der Waals surface area contributed by atoms with Crippen LogP contribution in [0.2, 0.25) is 0 Å². The van der Waals surface area contributed by atoms with Crippen LogP contribution in [0, 0.1) is 0 Å². The fourth-order valence-corrected chi connectivity index (χ4v) is 1.39. The van der Waals surface area contributed by atoms with Crippen molar-refractivity contribution in [3.8, 4) is 0 Å². The molecule has 0 unspecified atom stereocenters. The first-order chi connectivity index (χ1) is 6.83. The first-order valence-corrected chi connectivity index (χ1v) is 4.31. The molecule has 1 heterocycles. The van der Waals surface area contributed by atoms with Crippen LogP contribution in [0.5, 0.6) is 0 Å². The minimum atomic E-state index is -0.395. The van der Waals surface area contributed by atoms with Gasteiger partial charge in [-0.2, -0.15) is 0 Å². The van der Waals surface area contributed by atoms with Gasteiger partial charge in [-0.15, -0.1) is 6.58 Å². The third kappa shape index (κ3) is 1.33. The smallest absolute Gasteiger partial charge is 0.312 e. The van der Waals surface area contributed by atoms with Gasteiger partial charge in [0.05, 0.1) is 11.1 Å². The fourth-order valence-electron chi connectivity index (χ4n) is 1.39. The van der Waals surface area contributed by atoms with Crippen LogP contribution in [-0.4, -0.2) is 5.16 Å². The zero-order chi connectivity index (χ0) is 9.97. The number of hydrogen-bond donors (Lipinski definition) is 0. The third-order valence-corrected chi connectivity index (χ3v) is 2.03. The molecule has 70 valence electrons. The number of allylic oxidation sites excluding steroid dienone is 1. The van der Waals surface area contributed by atoms with Gasteiger partial charge < -0.3 is 4.52 Å². The molecule has 0 bridgehead atoms. The lowest BCUT2D eigenvalue weighted by atomic mass is 10.1. The molecule has 0 aliphatic carbocycles. The van der Waals surface area contributed by atoms with E-state index >= 15 is 0 Å². The first kappa shape index (κ1) is 8.69. The number of benzene rings is 1. The van der Waals surface area contributed by atoms with Gasteiger partial charge >= 0.3 is 5.63 Å². The van der Waals surface area contributed by atoms with Gasteiger partial charge in [0.2, 0.25) is 0 Å². The SMILES string of the molecule is C=CCc1noc(=O)c2ccccc12. The average molecular weight is 187 g/mol. The monoisotopic (exact) mass is 187 g/mol. The lowest BCUT2D eigenvalue weighted by Gasteiger charge is -1.99. The first-order valence-electron chi connectivity index (χ1n) is 4.31. The maximum absolute atomic E-state index is 11.3. The van der Waals surface area contributed by atoms with Crippen molar-refractivity contribution in [3.05, 3.63) is 53.0 Å². The van der Waals surface area contributed by atoms with Gasteiger partial charge in [0.15, 0.2) is 0 Å². The van der Waals surface area contributed by atoms with Crippen molar-refractivity contribution in [3.63, 3.8) is 0 Å². The van der Waals surface area contributed by atoms with E-state index < -0.39 is 5.63 Å². The molecule has 0 atom stereocenters. The van der Waals surface area contributed by atoms with Crippen LogP contribution in [0.15, 0.2) is 46.2 Å². The summed E-state index contributed by atoms with van der Waals surface area (Å²) in [5.74, 6) is 0. The Morgan fingerprint density at radius 2 is 2.07 bits per heavy atom. The zero-order valence-electron chi connectivity index (χ0n) is 7.56. The molecule has 0 N–H and O–H groups in total. The molecule has 0 saturated heterocycles. The standard InChI is InChI=1S/C11H9NO2/c1-2-5-10-8-6-3-4-7-9(8)11(13)14-12-10/h2-4,6-7H,1,5H2. The van der Waals surface area contributed by atoms with Crippen LogP contribution in [0.25, 0.3) is 10.8 Å². The fraction of sp³-hybridized carbons (Fsp3) is 0.0909. The molecule has 0 aliphatic rings. The Labute approximate surface area is 80.7 Å². The van der Waals surface area contributed by atoms with Crippen molar-refractivity contribution in [1.82, 2.24) is 5.16 Å². The van der Waals surface area contributed by atoms with E-state index in [9.17, 15) is 4.79 Å². The van der Waals surface area contributed by atoms with E-state index in [4.69, 9.17) is 0 Å². The van der Waals surface area contributed by atoms with Crippen molar-refractivity contribution >= 4 is 10.8 Å². The highest BCUT2D eigenvalue weighted by Crippen LogP contribution is 2.13. The molecule has 0 fully saturated rings. The van der Waals surface area contributed by atoms with Crippen molar-refractivity contribution in [1.29, 1.82) is 0 Å². The van der Waals surface area contributed by atoms with E-state index in [0.29, 0.717) is 11.8 Å². The second kappa shape index (κ2) is 3.46. The van der Waals surface area contributed by atoms with Gasteiger partial charge in [-0.1, -0.05) is 29.4 Å². The van der Waals surface area contributed by atoms with Gasteiger partial charge in [0.25, 0.3) is 0 Å². The summed E-state index contributed by atoms with van der Waals surface area (Å²) >= 11 is 0. The Hall–Kier alpha value is -1.90. The van der Waals surface area contributed by atoms with Crippen LogP contribution in [0.3, 0.4) is 0 Å². The summed E-state index contributed by atoms with van der Waals surface area (Å²) < 4.78 is 4.67. The molecule has 0 spiro atoms. The summed E-state index contributed by atoms with van der Waals surface area (Å²) in [6.45, 7) is 3.63. The number of nitrogens with zero attached hydrogens (tertiary/aromatic N) is 1. The molecule has 3 nitrogen and oxygen atoms in total. The molecule has 14 heavy (non-hydrogen) atoms. The van der Waals surface area contributed by atoms with E-state index in [1.165, 1.54) is 0 Å². The average Bonchev–Trinajstić information content (AvgIpc) is 2.23. The van der Waals surface area contributed by atoms with Crippen LogP contribution >= 0.6 is 0 Å². The highest BCUT2D eigenvalue weighted by Gasteiger charge is 2.05. The predicted octanol–water partition coefficient (Wildman–Crippen LogP) is 1.92. The summed E-state index contributed by atoms with van der Waals surface area (Å²) in [7, 11) is 0. The largest absolute Gasteiger partial charge is 0.366 e. The quantitative estimate of drug-likeness (QED) is 0.674. The summed E-state index contributed by atoms with van der Waals surface area (Å²) in [5.41, 5.74) is 0.351. The van der Waals surface area contributed by atoms with Gasteiger partial charge in [-0.3, -0.25) is 0 Å². The highest BCUT2D eigenvalue weighted by atomic mass is 16.5. The summed E-state index contributed by atoms with van der Waals surface area (Å²) in [6.07, 6.45) is 2.33. The Bertz CT molecular complexity index is 528. The number of aromatic nitrogens is 1. The molecule has 0 aliphatic heterocycles. The van der Waals surface area contributed by atoms with Crippen LogP contribution < -0.4 is 5.63 Å².